The second-order valence-corrected chi connectivity index (χ2v) is 11.0. The maximum atomic E-state index is 13.3. The Morgan fingerprint density at radius 1 is 1.11 bits per heavy atom. The summed E-state index contributed by atoms with van der Waals surface area (Å²) in [6, 6.07) is 12.2. The number of carbonyl (C=O) groups excluding carboxylic acids is 2. The Bertz CT molecular complexity index is 1160. The summed E-state index contributed by atoms with van der Waals surface area (Å²) in [4.78, 5) is 30.4. The number of carbonyl (C=O) groups is 2. The Labute approximate surface area is 227 Å². The fourth-order valence-electron chi connectivity index (χ4n) is 4.76. The highest BCUT2D eigenvalue weighted by molar-refractivity contribution is 9.10. The zero-order valence-electron chi connectivity index (χ0n) is 21.7. The molecule has 2 aromatic carbocycles. The molecule has 0 aromatic heterocycles. The molecule has 7 nitrogen and oxygen atoms in total. The number of benzene rings is 2. The van der Waals surface area contributed by atoms with E-state index in [-0.39, 0.29) is 11.3 Å². The average Bonchev–Trinajstić information content (AvgIpc) is 3.13. The SMILES string of the molecule is Cc1cc(C(O)=C2C(=O)C(=O)N(CCCN3CCOCC3)[C@@H]2c2ccc(Br)cc2)ccc1OCC(C)C. The minimum Gasteiger partial charge on any atom is -0.507 e. The van der Waals surface area contributed by atoms with E-state index in [4.69, 9.17) is 9.47 Å². The number of hydrogen-bond donors (Lipinski definition) is 1. The van der Waals surface area contributed by atoms with Crippen LogP contribution in [0.5, 0.6) is 5.75 Å². The molecule has 1 amide bonds. The third-order valence-electron chi connectivity index (χ3n) is 6.72. The van der Waals surface area contributed by atoms with Crippen LogP contribution in [0.25, 0.3) is 5.76 Å². The summed E-state index contributed by atoms with van der Waals surface area (Å²) < 4.78 is 12.2. The highest BCUT2D eigenvalue weighted by Crippen LogP contribution is 2.40. The van der Waals surface area contributed by atoms with Gasteiger partial charge in [-0.3, -0.25) is 14.5 Å². The smallest absolute Gasteiger partial charge is 0.295 e. The van der Waals surface area contributed by atoms with Gasteiger partial charge in [0.15, 0.2) is 0 Å². The molecule has 2 aliphatic heterocycles. The lowest BCUT2D eigenvalue weighted by Crippen LogP contribution is -2.38. The van der Waals surface area contributed by atoms with E-state index in [1.54, 1.807) is 23.1 Å². The first-order valence-corrected chi connectivity index (χ1v) is 13.6. The van der Waals surface area contributed by atoms with Crippen molar-refractivity contribution in [2.75, 3.05) is 46.0 Å². The summed E-state index contributed by atoms with van der Waals surface area (Å²) in [5.41, 5.74) is 2.24. The van der Waals surface area contributed by atoms with Crippen molar-refractivity contribution in [3.8, 4) is 5.75 Å². The Morgan fingerprint density at radius 3 is 2.46 bits per heavy atom. The number of morpholine rings is 1. The first-order valence-electron chi connectivity index (χ1n) is 12.8. The first-order chi connectivity index (χ1) is 17.8. The van der Waals surface area contributed by atoms with E-state index in [0.717, 1.165) is 47.4 Å². The van der Waals surface area contributed by atoms with Crippen molar-refractivity contribution in [2.45, 2.75) is 33.2 Å². The third kappa shape index (κ3) is 6.43. The Hall–Kier alpha value is -2.68. The van der Waals surface area contributed by atoms with E-state index in [1.165, 1.54) is 0 Å². The van der Waals surface area contributed by atoms with Crippen LogP contribution in [0.3, 0.4) is 0 Å². The molecule has 0 saturated carbocycles. The highest BCUT2D eigenvalue weighted by Gasteiger charge is 2.45. The molecule has 2 fully saturated rings. The molecular weight excluding hydrogens is 536 g/mol. The third-order valence-corrected chi connectivity index (χ3v) is 7.25. The number of ether oxygens (including phenoxy) is 2. The number of nitrogens with zero attached hydrogens (tertiary/aromatic N) is 2. The van der Waals surface area contributed by atoms with Crippen molar-refractivity contribution in [1.29, 1.82) is 0 Å². The van der Waals surface area contributed by atoms with Gasteiger partial charge in [0, 0.05) is 36.2 Å². The van der Waals surface area contributed by atoms with Gasteiger partial charge in [-0.25, -0.2) is 0 Å². The Morgan fingerprint density at radius 2 is 1.81 bits per heavy atom. The quantitative estimate of drug-likeness (QED) is 0.261. The maximum Gasteiger partial charge on any atom is 0.295 e. The zero-order valence-corrected chi connectivity index (χ0v) is 23.3. The molecule has 0 aliphatic carbocycles. The highest BCUT2D eigenvalue weighted by atomic mass is 79.9. The summed E-state index contributed by atoms with van der Waals surface area (Å²) in [5, 5.41) is 11.4. The first kappa shape index (κ1) is 27.4. The van der Waals surface area contributed by atoms with Gasteiger partial charge in [0.1, 0.15) is 11.5 Å². The summed E-state index contributed by atoms with van der Waals surface area (Å²) in [5.74, 6) is -0.281. The number of hydrogen-bond acceptors (Lipinski definition) is 6. The number of rotatable bonds is 9. The lowest BCUT2D eigenvalue weighted by molar-refractivity contribution is -0.140. The van der Waals surface area contributed by atoms with Crippen LogP contribution in [0.1, 0.15) is 43.0 Å². The molecule has 0 bridgehead atoms. The number of Topliss-reactive ketones (excluding diaryl/α,β-unsaturated/α-hetero) is 1. The molecule has 8 heteroatoms. The summed E-state index contributed by atoms with van der Waals surface area (Å²) in [7, 11) is 0. The molecule has 37 heavy (non-hydrogen) atoms. The van der Waals surface area contributed by atoms with Crippen molar-refractivity contribution >= 4 is 33.4 Å². The number of aryl methyl sites for hydroxylation is 1. The molecule has 2 aliphatic rings. The predicted molar refractivity (Wildman–Crippen MR) is 147 cm³/mol. The molecule has 4 rings (SSSR count). The maximum absolute atomic E-state index is 13.3. The van der Waals surface area contributed by atoms with E-state index in [2.05, 4.69) is 34.7 Å². The fraction of sp³-hybridized carbons (Fsp3) is 0.448. The molecule has 198 valence electrons. The van der Waals surface area contributed by atoms with Crippen LogP contribution in [0.15, 0.2) is 52.5 Å². The van der Waals surface area contributed by atoms with E-state index >= 15 is 0 Å². The van der Waals surface area contributed by atoms with Crippen LogP contribution in [-0.2, 0) is 14.3 Å². The fourth-order valence-corrected chi connectivity index (χ4v) is 5.03. The Kier molecular flexibility index (Phi) is 9.05. The topological polar surface area (TPSA) is 79.3 Å². The van der Waals surface area contributed by atoms with Gasteiger partial charge in [-0.15, -0.1) is 0 Å². The molecule has 0 unspecified atom stereocenters. The van der Waals surface area contributed by atoms with E-state index in [9.17, 15) is 14.7 Å². The van der Waals surface area contributed by atoms with Gasteiger partial charge < -0.3 is 19.5 Å². The number of halogens is 1. The van der Waals surface area contributed by atoms with Crippen LogP contribution in [0.2, 0.25) is 0 Å². The predicted octanol–water partition coefficient (Wildman–Crippen LogP) is 4.94. The average molecular weight is 572 g/mol. The van der Waals surface area contributed by atoms with Gasteiger partial charge >= 0.3 is 0 Å². The van der Waals surface area contributed by atoms with Crippen LogP contribution in [-0.4, -0.2) is 72.6 Å². The molecule has 2 heterocycles. The van der Waals surface area contributed by atoms with Gasteiger partial charge in [-0.05, 0) is 60.7 Å². The monoisotopic (exact) mass is 570 g/mol. The van der Waals surface area contributed by atoms with Crippen molar-refractivity contribution in [3.63, 3.8) is 0 Å². The van der Waals surface area contributed by atoms with Gasteiger partial charge in [0.05, 0.1) is 31.4 Å². The summed E-state index contributed by atoms with van der Waals surface area (Å²) >= 11 is 3.46. The molecule has 2 saturated heterocycles. The summed E-state index contributed by atoms with van der Waals surface area (Å²) in [6.45, 7) is 11.0. The van der Waals surface area contributed by atoms with E-state index in [0.29, 0.717) is 37.8 Å². The molecular formula is C29H35BrN2O5. The van der Waals surface area contributed by atoms with Crippen LogP contribution in [0.4, 0.5) is 0 Å². The Balaban J connectivity index is 1.65. The number of aliphatic hydroxyl groups is 1. The number of likely N-dealkylation sites (tertiary alicyclic amines) is 1. The molecule has 1 atom stereocenters. The van der Waals surface area contributed by atoms with Crippen molar-refractivity contribution in [2.24, 2.45) is 5.92 Å². The molecule has 0 radical (unpaired) electrons. The van der Waals surface area contributed by atoms with Crippen molar-refractivity contribution in [1.82, 2.24) is 9.80 Å². The normalized spacial score (nSPS) is 20.1. The van der Waals surface area contributed by atoms with Crippen LogP contribution < -0.4 is 4.74 Å². The lowest BCUT2D eigenvalue weighted by Gasteiger charge is -2.29. The van der Waals surface area contributed by atoms with Crippen molar-refractivity contribution in [3.05, 3.63) is 69.2 Å². The summed E-state index contributed by atoms with van der Waals surface area (Å²) in [6.07, 6.45) is 0.723. The van der Waals surface area contributed by atoms with E-state index < -0.39 is 17.7 Å². The standard InChI is InChI=1S/C29H35BrN2O5/c1-19(2)18-37-24-10-7-22(17-20(24)3)27(33)25-26(21-5-8-23(30)9-6-21)32(29(35)28(25)34)12-4-11-31-13-15-36-16-14-31/h5-10,17,19,26,33H,4,11-16,18H2,1-3H3/t26-/m1/s1. The van der Waals surface area contributed by atoms with Gasteiger partial charge in [-0.1, -0.05) is 41.9 Å². The van der Waals surface area contributed by atoms with Gasteiger partial charge in [0.25, 0.3) is 11.7 Å². The minimum absolute atomic E-state index is 0.119. The van der Waals surface area contributed by atoms with Gasteiger partial charge in [0.2, 0.25) is 0 Å². The number of ketones is 1. The van der Waals surface area contributed by atoms with Crippen LogP contribution >= 0.6 is 15.9 Å². The van der Waals surface area contributed by atoms with Gasteiger partial charge in [-0.2, -0.15) is 0 Å². The second-order valence-electron chi connectivity index (χ2n) is 10.0. The molecule has 2 aromatic rings. The number of aliphatic hydroxyl groups excluding tert-OH is 1. The molecule has 1 N–H and O–H groups in total. The van der Waals surface area contributed by atoms with Crippen LogP contribution in [0, 0.1) is 12.8 Å². The largest absolute Gasteiger partial charge is 0.507 e. The van der Waals surface area contributed by atoms with E-state index in [1.807, 2.05) is 31.2 Å². The number of amides is 1. The lowest BCUT2D eigenvalue weighted by atomic mass is 9.94. The zero-order chi connectivity index (χ0) is 26.5. The van der Waals surface area contributed by atoms with Crippen molar-refractivity contribution < 1.29 is 24.2 Å². The second kappa shape index (κ2) is 12.2. The minimum atomic E-state index is -0.658. The molecule has 0 spiro atoms.